The van der Waals surface area contributed by atoms with E-state index in [-0.39, 0.29) is 18.0 Å². The lowest BCUT2D eigenvalue weighted by atomic mass is 10.1. The molecule has 0 atom stereocenters. The van der Waals surface area contributed by atoms with Gasteiger partial charge in [-0.15, -0.1) is 6.58 Å². The Balaban J connectivity index is 2.68. The van der Waals surface area contributed by atoms with E-state index in [1.54, 1.807) is 19.9 Å². The van der Waals surface area contributed by atoms with Crippen molar-refractivity contribution in [1.82, 2.24) is 4.72 Å². The van der Waals surface area contributed by atoms with E-state index in [1.807, 2.05) is 0 Å². The van der Waals surface area contributed by atoms with Gasteiger partial charge in [0.15, 0.2) is 0 Å². The Morgan fingerprint density at radius 3 is 2.45 bits per heavy atom. The fourth-order valence-corrected chi connectivity index (χ4v) is 3.37. The average molecular weight is 301 g/mol. The highest BCUT2D eigenvalue weighted by atomic mass is 32.2. The van der Waals surface area contributed by atoms with Crippen molar-refractivity contribution in [3.8, 4) is 0 Å². The maximum absolute atomic E-state index is 13.2. The maximum atomic E-state index is 13.2. The Hall–Kier alpha value is -1.24. The molecule has 0 aliphatic heterocycles. The Kier molecular flexibility index (Phi) is 6.32. The summed E-state index contributed by atoms with van der Waals surface area (Å²) < 4.78 is 45.2. The Morgan fingerprint density at radius 1 is 1.30 bits per heavy atom. The summed E-state index contributed by atoms with van der Waals surface area (Å²) in [4.78, 5) is 0.130. The summed E-state index contributed by atoms with van der Waals surface area (Å²) in [5.74, 6) is -0.438. The van der Waals surface area contributed by atoms with Crippen LogP contribution in [-0.2, 0) is 14.8 Å². The predicted molar refractivity (Wildman–Crippen MR) is 76.7 cm³/mol. The normalized spacial score (nSPS) is 11.6. The molecule has 4 nitrogen and oxygen atoms in total. The number of hydrogen-bond acceptors (Lipinski definition) is 3. The highest BCUT2D eigenvalue weighted by Crippen LogP contribution is 2.20. The van der Waals surface area contributed by atoms with Crippen LogP contribution in [-0.4, -0.2) is 28.2 Å². The Labute approximate surface area is 119 Å². The zero-order chi connectivity index (χ0) is 15.2. The third-order valence-corrected chi connectivity index (χ3v) is 4.46. The van der Waals surface area contributed by atoms with Crippen molar-refractivity contribution in [2.24, 2.45) is 0 Å². The van der Waals surface area contributed by atoms with E-state index in [1.165, 1.54) is 12.1 Å². The van der Waals surface area contributed by atoms with E-state index in [0.717, 1.165) is 6.42 Å². The number of benzene rings is 1. The highest BCUT2D eigenvalue weighted by molar-refractivity contribution is 7.89. The van der Waals surface area contributed by atoms with Crippen LogP contribution in [0.15, 0.2) is 29.7 Å². The van der Waals surface area contributed by atoms with Gasteiger partial charge in [0.1, 0.15) is 5.82 Å². The molecule has 0 spiro atoms. The lowest BCUT2D eigenvalue weighted by Gasteiger charge is -2.12. The summed E-state index contributed by atoms with van der Waals surface area (Å²) in [6, 6.07) is 2.42. The lowest BCUT2D eigenvalue weighted by Crippen LogP contribution is -2.28. The number of halogens is 1. The molecule has 0 aliphatic carbocycles. The van der Waals surface area contributed by atoms with E-state index in [9.17, 15) is 12.8 Å². The van der Waals surface area contributed by atoms with Crippen molar-refractivity contribution in [1.29, 1.82) is 0 Å². The van der Waals surface area contributed by atoms with Crippen LogP contribution in [0.25, 0.3) is 0 Å². The van der Waals surface area contributed by atoms with Gasteiger partial charge < -0.3 is 4.74 Å². The van der Waals surface area contributed by atoms with Crippen molar-refractivity contribution < 1.29 is 17.5 Å². The van der Waals surface area contributed by atoms with E-state index in [0.29, 0.717) is 17.7 Å². The molecule has 0 heterocycles. The molecule has 0 saturated carbocycles. The van der Waals surface area contributed by atoms with Crippen LogP contribution in [0.1, 0.15) is 17.5 Å². The van der Waals surface area contributed by atoms with Gasteiger partial charge in [-0.25, -0.2) is 17.5 Å². The second-order valence-corrected chi connectivity index (χ2v) is 6.16. The molecular formula is C14H20FNO3S. The first-order chi connectivity index (χ1) is 9.38. The molecule has 0 saturated heterocycles. The topological polar surface area (TPSA) is 55.4 Å². The van der Waals surface area contributed by atoms with Crippen LogP contribution in [0.4, 0.5) is 4.39 Å². The van der Waals surface area contributed by atoms with Gasteiger partial charge in [-0.2, -0.15) is 0 Å². The van der Waals surface area contributed by atoms with Crippen LogP contribution >= 0.6 is 0 Å². The third kappa shape index (κ3) is 4.70. The molecule has 1 aromatic rings. The van der Waals surface area contributed by atoms with E-state index in [4.69, 9.17) is 4.74 Å². The van der Waals surface area contributed by atoms with Crippen LogP contribution in [0.3, 0.4) is 0 Å². The molecule has 1 rings (SSSR count). The van der Waals surface area contributed by atoms with Gasteiger partial charge >= 0.3 is 0 Å². The molecule has 0 unspecified atom stereocenters. The van der Waals surface area contributed by atoms with E-state index in [2.05, 4.69) is 11.3 Å². The molecule has 1 N–H and O–H groups in total. The molecule has 0 bridgehead atoms. The first kappa shape index (κ1) is 16.8. The molecule has 112 valence electrons. The molecule has 0 fully saturated rings. The molecule has 0 aliphatic rings. The standard InChI is InChI=1S/C14H20FNO3S/c1-4-5-7-19-8-6-16-20(17,18)14-11(2)9-13(15)10-12(14)3/h4,9-10,16H,1,5-8H2,2-3H3. The smallest absolute Gasteiger partial charge is 0.241 e. The van der Waals surface area contributed by atoms with Gasteiger partial charge in [-0.1, -0.05) is 6.08 Å². The predicted octanol–water partition coefficient (Wildman–Crippen LogP) is 2.31. The first-order valence-corrected chi connectivity index (χ1v) is 7.82. The van der Waals surface area contributed by atoms with Crippen molar-refractivity contribution in [3.63, 3.8) is 0 Å². The van der Waals surface area contributed by atoms with Crippen LogP contribution < -0.4 is 4.72 Å². The summed E-state index contributed by atoms with van der Waals surface area (Å²) in [6.45, 7) is 7.69. The highest BCUT2D eigenvalue weighted by Gasteiger charge is 2.19. The quantitative estimate of drug-likeness (QED) is 0.592. The van der Waals surface area contributed by atoms with Gasteiger partial charge in [0.05, 0.1) is 18.1 Å². The van der Waals surface area contributed by atoms with Crippen LogP contribution in [0.5, 0.6) is 0 Å². The fraction of sp³-hybridized carbons (Fsp3) is 0.429. The number of ether oxygens (including phenoxy) is 1. The fourth-order valence-electron chi connectivity index (χ4n) is 1.91. The molecule has 0 radical (unpaired) electrons. The van der Waals surface area contributed by atoms with Crippen molar-refractivity contribution >= 4 is 10.0 Å². The van der Waals surface area contributed by atoms with Crippen molar-refractivity contribution in [3.05, 3.63) is 41.7 Å². The van der Waals surface area contributed by atoms with Crippen molar-refractivity contribution in [2.75, 3.05) is 19.8 Å². The zero-order valence-electron chi connectivity index (χ0n) is 11.8. The maximum Gasteiger partial charge on any atom is 0.241 e. The zero-order valence-corrected chi connectivity index (χ0v) is 12.6. The minimum absolute atomic E-state index is 0.130. The number of sulfonamides is 1. The largest absolute Gasteiger partial charge is 0.380 e. The Bertz CT molecular complexity index is 547. The Morgan fingerprint density at radius 2 is 1.90 bits per heavy atom. The third-order valence-electron chi connectivity index (χ3n) is 2.70. The molecule has 0 aromatic heterocycles. The van der Waals surface area contributed by atoms with Gasteiger partial charge in [-0.3, -0.25) is 0 Å². The second-order valence-electron chi connectivity index (χ2n) is 4.46. The molecular weight excluding hydrogens is 281 g/mol. The molecule has 20 heavy (non-hydrogen) atoms. The second kappa shape index (κ2) is 7.52. The first-order valence-electron chi connectivity index (χ1n) is 6.33. The SMILES string of the molecule is C=CCCOCCNS(=O)(=O)c1c(C)cc(F)cc1C. The molecule has 0 amide bonds. The monoisotopic (exact) mass is 301 g/mol. The van der Waals surface area contributed by atoms with Gasteiger partial charge in [0, 0.05) is 6.54 Å². The van der Waals surface area contributed by atoms with E-state index >= 15 is 0 Å². The van der Waals surface area contributed by atoms with Crippen LogP contribution in [0.2, 0.25) is 0 Å². The number of nitrogens with one attached hydrogen (secondary N) is 1. The number of hydrogen-bond donors (Lipinski definition) is 1. The molecule has 1 aromatic carbocycles. The minimum Gasteiger partial charge on any atom is -0.380 e. The van der Waals surface area contributed by atoms with E-state index < -0.39 is 15.8 Å². The summed E-state index contributed by atoms with van der Waals surface area (Å²) in [5, 5.41) is 0. The number of rotatable bonds is 8. The van der Waals surface area contributed by atoms with Gasteiger partial charge in [0.2, 0.25) is 10.0 Å². The van der Waals surface area contributed by atoms with Crippen LogP contribution in [0, 0.1) is 19.7 Å². The van der Waals surface area contributed by atoms with Gasteiger partial charge in [-0.05, 0) is 43.5 Å². The summed E-state index contributed by atoms with van der Waals surface area (Å²) in [5.41, 5.74) is 0.783. The minimum atomic E-state index is -3.65. The summed E-state index contributed by atoms with van der Waals surface area (Å²) in [7, 11) is -3.65. The average Bonchev–Trinajstić information content (AvgIpc) is 2.31. The van der Waals surface area contributed by atoms with Gasteiger partial charge in [0.25, 0.3) is 0 Å². The summed E-state index contributed by atoms with van der Waals surface area (Å²) >= 11 is 0. The molecule has 6 heteroatoms. The number of aryl methyl sites for hydroxylation is 2. The lowest BCUT2D eigenvalue weighted by molar-refractivity contribution is 0.144. The summed E-state index contributed by atoms with van der Waals surface area (Å²) in [6.07, 6.45) is 2.46. The van der Waals surface area contributed by atoms with Crippen molar-refractivity contribution in [2.45, 2.75) is 25.2 Å².